The molecule has 2 aliphatic rings. The third-order valence-electron chi connectivity index (χ3n) is 4.21. The molecule has 2 fully saturated rings. The minimum absolute atomic E-state index is 0.0359. The smallest absolute Gasteiger partial charge is 0.0997 e. The largest absolute Gasteiger partial charge is 0.550 e. The lowest BCUT2D eigenvalue weighted by Crippen LogP contribution is -2.63. The van der Waals surface area contributed by atoms with Gasteiger partial charge in [0.25, 0.3) is 0 Å². The molecule has 1 N–H and O–H groups in total. The van der Waals surface area contributed by atoms with Crippen LogP contribution in [-0.4, -0.2) is 47.8 Å². The van der Waals surface area contributed by atoms with Gasteiger partial charge in [-0.2, -0.15) is 0 Å². The Balaban J connectivity index is 2.30. The molecule has 0 amide bonds. The summed E-state index contributed by atoms with van der Waals surface area (Å²) in [6.07, 6.45) is 1.82. The number of carbonyl (C=O) groups excluding carboxylic acids is 1. The third-order valence-corrected chi connectivity index (χ3v) is 4.21. The monoisotopic (exact) mass is 199 g/mol. The van der Waals surface area contributed by atoms with Gasteiger partial charge in [0.15, 0.2) is 0 Å². The van der Waals surface area contributed by atoms with Crippen molar-refractivity contribution in [2.45, 2.75) is 37.5 Å². The van der Waals surface area contributed by atoms with Crippen molar-refractivity contribution in [2.75, 3.05) is 14.1 Å². The molecule has 2 bridgehead atoms. The second kappa shape index (κ2) is 2.94. The molecule has 4 nitrogen and oxygen atoms in total. The van der Waals surface area contributed by atoms with E-state index in [-0.39, 0.29) is 6.04 Å². The van der Waals surface area contributed by atoms with E-state index in [2.05, 4.69) is 14.1 Å². The Labute approximate surface area is 83.7 Å². The molecule has 4 heteroatoms. The fourth-order valence-electron chi connectivity index (χ4n) is 3.28. The highest BCUT2D eigenvalue weighted by molar-refractivity contribution is 5.69. The zero-order valence-electron chi connectivity index (χ0n) is 8.64. The fraction of sp³-hybridized carbons (Fsp3) is 0.900. The minimum Gasteiger partial charge on any atom is -0.550 e. The number of nitrogens with zero attached hydrogens (tertiary/aromatic N) is 1. The standard InChI is InChI=1S/C10H17NO3/c1-11(2)6-3-4-7(11)9(10(13)14)8(12)5-6/h6-9,12H,3-5H2,1-2H3. The Bertz CT molecular complexity index is 264. The van der Waals surface area contributed by atoms with Crippen LogP contribution in [-0.2, 0) is 4.79 Å². The van der Waals surface area contributed by atoms with Gasteiger partial charge < -0.3 is 19.5 Å². The lowest BCUT2D eigenvalue weighted by atomic mass is 9.86. The van der Waals surface area contributed by atoms with Gasteiger partial charge in [0.05, 0.1) is 44.2 Å². The number of fused-ring (bicyclic) bond motifs is 2. The molecule has 2 saturated heterocycles. The number of hydrogen-bond donors (Lipinski definition) is 1. The maximum atomic E-state index is 11.0. The number of carboxylic acid groups (broad SMARTS) is 1. The van der Waals surface area contributed by atoms with Gasteiger partial charge >= 0.3 is 0 Å². The summed E-state index contributed by atoms with van der Waals surface area (Å²) < 4.78 is 0.732. The predicted molar refractivity (Wildman–Crippen MR) is 48.0 cm³/mol. The van der Waals surface area contributed by atoms with Crippen molar-refractivity contribution in [1.29, 1.82) is 0 Å². The van der Waals surface area contributed by atoms with Gasteiger partial charge in [0.1, 0.15) is 0 Å². The number of piperidine rings is 1. The number of rotatable bonds is 1. The van der Waals surface area contributed by atoms with Gasteiger partial charge in [-0.15, -0.1) is 0 Å². The molecule has 0 aliphatic carbocycles. The maximum absolute atomic E-state index is 11.0. The Hall–Kier alpha value is -0.610. The molecule has 2 rings (SSSR count). The van der Waals surface area contributed by atoms with Gasteiger partial charge in [0, 0.05) is 19.3 Å². The molecule has 4 atom stereocenters. The van der Waals surface area contributed by atoms with Gasteiger partial charge in [-0.3, -0.25) is 0 Å². The van der Waals surface area contributed by atoms with Crippen molar-refractivity contribution in [1.82, 2.24) is 0 Å². The van der Waals surface area contributed by atoms with E-state index in [0.29, 0.717) is 12.5 Å². The van der Waals surface area contributed by atoms with Crippen LogP contribution in [0.25, 0.3) is 0 Å². The molecule has 2 aliphatic heterocycles. The summed E-state index contributed by atoms with van der Waals surface area (Å²) in [6.45, 7) is 0. The van der Waals surface area contributed by atoms with Crippen LogP contribution in [0, 0.1) is 5.92 Å². The lowest BCUT2D eigenvalue weighted by Gasteiger charge is -2.47. The Kier molecular flexibility index (Phi) is 2.08. The van der Waals surface area contributed by atoms with E-state index < -0.39 is 18.0 Å². The van der Waals surface area contributed by atoms with Crippen molar-refractivity contribution >= 4 is 5.97 Å². The molecular formula is C10H17NO3. The molecule has 4 unspecified atom stereocenters. The fourth-order valence-corrected chi connectivity index (χ4v) is 3.28. The first-order valence-corrected chi connectivity index (χ1v) is 5.17. The lowest BCUT2D eigenvalue weighted by molar-refractivity contribution is -0.934. The summed E-state index contributed by atoms with van der Waals surface area (Å²) in [7, 11) is 4.12. The molecular weight excluding hydrogens is 182 g/mol. The summed E-state index contributed by atoms with van der Waals surface area (Å²) in [4.78, 5) is 11.0. The van der Waals surface area contributed by atoms with Crippen molar-refractivity contribution in [3.05, 3.63) is 0 Å². The van der Waals surface area contributed by atoms with Gasteiger partial charge in [-0.25, -0.2) is 0 Å². The second-order valence-corrected chi connectivity index (χ2v) is 5.08. The number of quaternary nitrogens is 1. The first-order chi connectivity index (χ1) is 6.44. The molecule has 0 aromatic heterocycles. The highest BCUT2D eigenvalue weighted by Gasteiger charge is 2.54. The molecule has 2 heterocycles. The topological polar surface area (TPSA) is 60.4 Å². The first-order valence-electron chi connectivity index (χ1n) is 5.17. The van der Waals surface area contributed by atoms with E-state index in [1.807, 2.05) is 0 Å². The van der Waals surface area contributed by atoms with E-state index >= 15 is 0 Å². The van der Waals surface area contributed by atoms with Crippen molar-refractivity contribution < 1.29 is 19.5 Å². The van der Waals surface area contributed by atoms with E-state index in [9.17, 15) is 15.0 Å². The number of carboxylic acids is 1. The van der Waals surface area contributed by atoms with Crippen LogP contribution in [0.5, 0.6) is 0 Å². The summed E-state index contributed by atoms with van der Waals surface area (Å²) in [5, 5.41) is 20.7. The number of carbonyl (C=O) groups is 1. The van der Waals surface area contributed by atoms with E-state index in [1.54, 1.807) is 0 Å². The van der Waals surface area contributed by atoms with Crippen LogP contribution in [0.2, 0.25) is 0 Å². The van der Waals surface area contributed by atoms with Crippen LogP contribution >= 0.6 is 0 Å². The van der Waals surface area contributed by atoms with Crippen LogP contribution < -0.4 is 5.11 Å². The zero-order valence-corrected chi connectivity index (χ0v) is 8.64. The Morgan fingerprint density at radius 2 is 2.07 bits per heavy atom. The Morgan fingerprint density at radius 3 is 2.64 bits per heavy atom. The molecule has 14 heavy (non-hydrogen) atoms. The molecule has 0 saturated carbocycles. The molecule has 0 spiro atoms. The van der Waals surface area contributed by atoms with Crippen LogP contribution in [0.1, 0.15) is 19.3 Å². The zero-order chi connectivity index (χ0) is 10.5. The van der Waals surface area contributed by atoms with Crippen LogP contribution in [0.3, 0.4) is 0 Å². The van der Waals surface area contributed by atoms with E-state index in [0.717, 1.165) is 17.3 Å². The number of aliphatic carboxylic acids is 1. The maximum Gasteiger partial charge on any atom is 0.0997 e. The van der Waals surface area contributed by atoms with Crippen LogP contribution in [0.15, 0.2) is 0 Å². The summed E-state index contributed by atoms with van der Waals surface area (Å²) >= 11 is 0. The molecule has 0 aromatic carbocycles. The molecule has 0 radical (unpaired) electrons. The summed E-state index contributed by atoms with van der Waals surface area (Å²) in [5.41, 5.74) is 0. The van der Waals surface area contributed by atoms with Gasteiger partial charge in [-0.1, -0.05) is 0 Å². The summed E-state index contributed by atoms with van der Waals surface area (Å²) in [5.74, 6) is -1.77. The SMILES string of the molecule is C[N+]1(C)C2CCC1C(C(=O)[O-])C(O)C2. The number of aliphatic hydroxyl groups excluding tert-OH is 1. The number of aliphatic hydroxyl groups is 1. The number of hydrogen-bond acceptors (Lipinski definition) is 3. The molecule has 0 aromatic rings. The van der Waals surface area contributed by atoms with Crippen molar-refractivity contribution in [3.8, 4) is 0 Å². The highest BCUT2D eigenvalue weighted by Crippen LogP contribution is 2.42. The van der Waals surface area contributed by atoms with Gasteiger partial charge in [0.2, 0.25) is 0 Å². The van der Waals surface area contributed by atoms with Crippen LogP contribution in [0.4, 0.5) is 0 Å². The Morgan fingerprint density at radius 1 is 1.43 bits per heavy atom. The van der Waals surface area contributed by atoms with E-state index in [1.165, 1.54) is 0 Å². The third kappa shape index (κ3) is 1.17. The molecule has 80 valence electrons. The van der Waals surface area contributed by atoms with Gasteiger partial charge in [-0.05, 0) is 0 Å². The minimum atomic E-state index is -1.09. The first kappa shape index (κ1) is 9.93. The average molecular weight is 199 g/mol. The highest BCUT2D eigenvalue weighted by atomic mass is 16.4. The van der Waals surface area contributed by atoms with Crippen molar-refractivity contribution in [2.24, 2.45) is 5.92 Å². The predicted octanol–water partition coefficient (Wildman–Crippen LogP) is -1.28. The summed E-state index contributed by atoms with van der Waals surface area (Å²) in [6, 6.07) is 0.458. The average Bonchev–Trinajstić information content (AvgIpc) is 2.30. The second-order valence-electron chi connectivity index (χ2n) is 5.08. The quantitative estimate of drug-likeness (QED) is 0.535. The van der Waals surface area contributed by atoms with Crippen molar-refractivity contribution in [3.63, 3.8) is 0 Å². The normalized spacial score (nSPS) is 45.1. The van der Waals surface area contributed by atoms with E-state index in [4.69, 9.17) is 0 Å².